The maximum Gasteiger partial charge on any atom is 0.143 e. The molecule has 166 valence electrons. The van der Waals surface area contributed by atoms with E-state index in [1.807, 2.05) is 19.1 Å². The third-order valence-corrected chi connectivity index (χ3v) is 5.48. The molecule has 0 aliphatic rings. The molecule has 0 bridgehead atoms. The van der Waals surface area contributed by atoms with Crippen LogP contribution in [0.3, 0.4) is 0 Å². The minimum absolute atomic E-state index is 0.693. The van der Waals surface area contributed by atoms with E-state index >= 15 is 0 Å². The summed E-state index contributed by atoms with van der Waals surface area (Å²) < 4.78 is 5.54. The summed E-state index contributed by atoms with van der Waals surface area (Å²) in [7, 11) is 4.26. The van der Waals surface area contributed by atoms with Gasteiger partial charge in [0.05, 0.1) is 38.0 Å². The topological polar surface area (TPSA) is 54.9 Å². The van der Waals surface area contributed by atoms with Crippen LogP contribution >= 0.6 is 0 Å². The van der Waals surface area contributed by atoms with Gasteiger partial charge in [-0.25, -0.2) is 9.97 Å². The first-order valence-electron chi connectivity index (χ1n) is 11.6. The molecule has 2 aromatic carbocycles. The van der Waals surface area contributed by atoms with Crippen molar-refractivity contribution in [2.75, 3.05) is 27.2 Å². The number of nitrogens with two attached hydrogens (primary N) is 1. The van der Waals surface area contributed by atoms with Crippen molar-refractivity contribution in [3.05, 3.63) is 65.6 Å². The monoisotopic (exact) mass is 421 g/mol. The first kappa shape index (κ1) is 23.2. The molecule has 0 unspecified atom stereocenters. The average Bonchev–Trinajstić information content (AvgIpc) is 2.77. The molecule has 0 saturated heterocycles. The van der Waals surface area contributed by atoms with Gasteiger partial charge in [-0.05, 0) is 63.4 Å². The summed E-state index contributed by atoms with van der Waals surface area (Å²) in [5.74, 6) is 1.83. The van der Waals surface area contributed by atoms with Gasteiger partial charge in [0.2, 0.25) is 0 Å². The maximum absolute atomic E-state index is 5.54. The van der Waals surface area contributed by atoms with Gasteiger partial charge in [0.25, 0.3) is 0 Å². The molecular formula is C26H37N4O+. The van der Waals surface area contributed by atoms with Crippen LogP contribution in [0.5, 0.6) is 5.75 Å². The largest absolute Gasteiger partial charge is 0.494 e. The summed E-state index contributed by atoms with van der Waals surface area (Å²) >= 11 is 0. The Balaban J connectivity index is 1.64. The number of benzene rings is 2. The Hall–Kier alpha value is -2.50. The lowest BCUT2D eigenvalue weighted by molar-refractivity contribution is -0.627. The second kappa shape index (κ2) is 12.4. The van der Waals surface area contributed by atoms with Gasteiger partial charge in [0.1, 0.15) is 11.6 Å². The van der Waals surface area contributed by atoms with Crippen molar-refractivity contribution < 1.29 is 10.1 Å². The number of quaternary nitrogens is 1. The van der Waals surface area contributed by atoms with Crippen LogP contribution in [0.2, 0.25) is 0 Å². The fraction of sp³-hybridized carbons (Fsp3) is 0.462. The van der Waals surface area contributed by atoms with E-state index in [1.165, 1.54) is 48.9 Å². The van der Waals surface area contributed by atoms with E-state index in [2.05, 4.69) is 60.7 Å². The number of fused-ring (bicyclic) bond motifs is 1. The van der Waals surface area contributed by atoms with Crippen molar-refractivity contribution >= 4 is 10.9 Å². The first-order chi connectivity index (χ1) is 15.2. The normalized spacial score (nSPS) is 11.4. The van der Waals surface area contributed by atoms with Crippen molar-refractivity contribution in [3.8, 4) is 5.75 Å². The zero-order valence-electron chi connectivity index (χ0n) is 19.3. The SMILES string of the molecule is CCOc1ccc(CN(C)Cc2nc(CCCCCC[NH2+]C)c3ccccc3n2)cc1. The molecule has 0 aliphatic carbocycles. The molecule has 5 heteroatoms. The molecule has 0 atom stereocenters. The number of hydrogen-bond acceptors (Lipinski definition) is 4. The number of para-hydroxylation sites is 1. The average molecular weight is 422 g/mol. The molecule has 0 spiro atoms. The summed E-state index contributed by atoms with van der Waals surface area (Å²) in [5, 5.41) is 3.45. The maximum atomic E-state index is 5.54. The molecule has 5 nitrogen and oxygen atoms in total. The number of ether oxygens (including phenoxy) is 1. The van der Waals surface area contributed by atoms with Crippen LogP contribution in [0.4, 0.5) is 0 Å². The van der Waals surface area contributed by atoms with E-state index in [0.29, 0.717) is 6.61 Å². The summed E-state index contributed by atoms with van der Waals surface area (Å²) in [6.45, 7) is 5.51. The summed E-state index contributed by atoms with van der Waals surface area (Å²) in [5.41, 5.74) is 3.51. The molecule has 0 aliphatic heterocycles. The molecule has 1 aromatic heterocycles. The van der Waals surface area contributed by atoms with Gasteiger partial charge in [0.15, 0.2) is 0 Å². The Bertz CT molecular complexity index is 926. The minimum atomic E-state index is 0.693. The predicted molar refractivity (Wildman–Crippen MR) is 127 cm³/mol. The highest BCUT2D eigenvalue weighted by Crippen LogP contribution is 2.19. The van der Waals surface area contributed by atoms with Crippen LogP contribution in [0, 0.1) is 0 Å². The van der Waals surface area contributed by atoms with Crippen molar-refractivity contribution in [1.29, 1.82) is 0 Å². The fourth-order valence-corrected chi connectivity index (χ4v) is 3.92. The van der Waals surface area contributed by atoms with Crippen molar-refractivity contribution in [2.24, 2.45) is 0 Å². The molecule has 3 aromatic rings. The van der Waals surface area contributed by atoms with Gasteiger partial charge < -0.3 is 10.1 Å². The number of hydrogen-bond donors (Lipinski definition) is 1. The van der Waals surface area contributed by atoms with Crippen LogP contribution < -0.4 is 10.1 Å². The molecule has 0 amide bonds. The number of aryl methyl sites for hydroxylation is 1. The van der Waals surface area contributed by atoms with E-state index in [4.69, 9.17) is 14.7 Å². The molecule has 0 fully saturated rings. The van der Waals surface area contributed by atoms with Crippen LogP contribution in [0.25, 0.3) is 10.9 Å². The van der Waals surface area contributed by atoms with Crippen LogP contribution in [-0.2, 0) is 19.5 Å². The minimum Gasteiger partial charge on any atom is -0.494 e. The van der Waals surface area contributed by atoms with Gasteiger partial charge in [-0.2, -0.15) is 0 Å². The number of unbranched alkanes of at least 4 members (excludes halogenated alkanes) is 3. The van der Waals surface area contributed by atoms with Crippen molar-refractivity contribution in [3.63, 3.8) is 0 Å². The summed E-state index contributed by atoms with van der Waals surface area (Å²) in [4.78, 5) is 12.1. The molecule has 0 saturated carbocycles. The van der Waals surface area contributed by atoms with Gasteiger partial charge in [-0.3, -0.25) is 4.90 Å². The lowest BCUT2D eigenvalue weighted by Crippen LogP contribution is -2.79. The predicted octanol–water partition coefficient (Wildman–Crippen LogP) is 3.96. The van der Waals surface area contributed by atoms with E-state index in [-0.39, 0.29) is 0 Å². The second-order valence-corrected chi connectivity index (χ2v) is 8.21. The summed E-state index contributed by atoms with van der Waals surface area (Å²) in [6, 6.07) is 16.7. The Morgan fingerprint density at radius 3 is 2.45 bits per heavy atom. The lowest BCUT2D eigenvalue weighted by atomic mass is 10.1. The van der Waals surface area contributed by atoms with Crippen molar-refractivity contribution in [2.45, 2.75) is 52.1 Å². The quantitative estimate of drug-likeness (QED) is 0.425. The standard InChI is InChI=1S/C26H36N4O/c1-4-31-22-16-14-21(15-17-22)19-30(3)20-26-28-24(12-7-5-6-10-18-27-2)23-11-8-9-13-25(23)29-26/h8-9,11,13-17,27H,4-7,10,12,18-20H2,1-3H3/p+1. The van der Waals surface area contributed by atoms with E-state index < -0.39 is 0 Å². The zero-order valence-corrected chi connectivity index (χ0v) is 19.3. The highest BCUT2D eigenvalue weighted by atomic mass is 16.5. The Morgan fingerprint density at radius 1 is 0.903 bits per heavy atom. The number of nitrogens with zero attached hydrogens (tertiary/aromatic N) is 3. The highest BCUT2D eigenvalue weighted by Gasteiger charge is 2.10. The van der Waals surface area contributed by atoms with E-state index in [0.717, 1.165) is 36.6 Å². The Labute approximate surface area is 186 Å². The number of aromatic nitrogens is 2. The molecule has 1 heterocycles. The van der Waals surface area contributed by atoms with Crippen LogP contribution in [-0.4, -0.2) is 42.1 Å². The van der Waals surface area contributed by atoms with Gasteiger partial charge in [-0.1, -0.05) is 36.8 Å². The summed E-state index contributed by atoms with van der Waals surface area (Å²) in [6.07, 6.45) is 6.06. The molecule has 0 radical (unpaired) electrons. The second-order valence-electron chi connectivity index (χ2n) is 8.21. The van der Waals surface area contributed by atoms with Gasteiger partial charge in [0, 0.05) is 11.9 Å². The van der Waals surface area contributed by atoms with Gasteiger partial charge >= 0.3 is 0 Å². The third-order valence-electron chi connectivity index (χ3n) is 5.48. The van der Waals surface area contributed by atoms with Crippen LogP contribution in [0.15, 0.2) is 48.5 Å². The molecule has 31 heavy (non-hydrogen) atoms. The molecule has 3 rings (SSSR count). The number of rotatable bonds is 13. The van der Waals surface area contributed by atoms with Crippen molar-refractivity contribution in [1.82, 2.24) is 14.9 Å². The molecular weight excluding hydrogens is 384 g/mol. The zero-order chi connectivity index (χ0) is 21.9. The highest BCUT2D eigenvalue weighted by molar-refractivity contribution is 5.80. The Kier molecular flexibility index (Phi) is 9.25. The molecule has 2 N–H and O–H groups in total. The van der Waals surface area contributed by atoms with E-state index in [1.54, 1.807) is 0 Å². The van der Waals surface area contributed by atoms with Crippen LogP contribution in [0.1, 0.15) is 49.7 Å². The third kappa shape index (κ3) is 7.30. The van der Waals surface area contributed by atoms with Gasteiger partial charge in [-0.15, -0.1) is 0 Å². The van der Waals surface area contributed by atoms with E-state index in [9.17, 15) is 0 Å². The first-order valence-corrected chi connectivity index (χ1v) is 11.6. The Morgan fingerprint density at radius 2 is 1.68 bits per heavy atom. The lowest BCUT2D eigenvalue weighted by Gasteiger charge is -2.17. The smallest absolute Gasteiger partial charge is 0.143 e. The fourth-order valence-electron chi connectivity index (χ4n) is 3.92.